The highest BCUT2D eigenvalue weighted by atomic mass is 35.5. The topological polar surface area (TPSA) is 63.3 Å². The van der Waals surface area contributed by atoms with Crippen molar-refractivity contribution in [2.45, 2.75) is 11.6 Å². The van der Waals surface area contributed by atoms with Crippen molar-refractivity contribution in [2.24, 2.45) is 5.73 Å². The monoisotopic (exact) mass is 225 g/mol. The number of carboxylic acid groups (broad SMARTS) is 1. The summed E-state index contributed by atoms with van der Waals surface area (Å²) in [6, 6.07) is -1.46. The molecule has 0 aromatic heterocycles. The maximum absolute atomic E-state index is 11.4. The molecular formula is C4H7ClF3NO2S. The predicted molar refractivity (Wildman–Crippen MR) is 41.4 cm³/mol. The maximum atomic E-state index is 11.4. The first-order valence-electron chi connectivity index (χ1n) is 2.52. The van der Waals surface area contributed by atoms with E-state index in [0.29, 0.717) is 0 Å². The first kappa shape index (κ1) is 14.4. The fourth-order valence-corrected chi connectivity index (χ4v) is 0.767. The van der Waals surface area contributed by atoms with Crippen molar-refractivity contribution in [3.05, 3.63) is 0 Å². The van der Waals surface area contributed by atoms with Gasteiger partial charge in [-0.25, -0.2) is 0 Å². The van der Waals surface area contributed by atoms with E-state index in [0.717, 1.165) is 0 Å². The molecule has 3 nitrogen and oxygen atoms in total. The summed E-state index contributed by atoms with van der Waals surface area (Å²) < 4.78 is 34.2. The molecule has 3 N–H and O–H groups in total. The smallest absolute Gasteiger partial charge is 0.441 e. The number of hydrogen-bond acceptors (Lipinski definition) is 3. The highest BCUT2D eigenvalue weighted by molar-refractivity contribution is 8.00. The minimum atomic E-state index is -4.41. The van der Waals surface area contributed by atoms with Crippen LogP contribution >= 0.6 is 24.2 Å². The lowest BCUT2D eigenvalue weighted by Gasteiger charge is -2.07. The molecule has 0 heterocycles. The second kappa shape index (κ2) is 5.50. The summed E-state index contributed by atoms with van der Waals surface area (Å²) in [5.74, 6) is -2.08. The van der Waals surface area contributed by atoms with E-state index in [2.05, 4.69) is 0 Å². The van der Waals surface area contributed by atoms with Gasteiger partial charge in [0.1, 0.15) is 6.04 Å². The summed E-state index contributed by atoms with van der Waals surface area (Å²) in [4.78, 5) is 9.91. The molecule has 0 rings (SSSR count). The van der Waals surface area contributed by atoms with E-state index < -0.39 is 35.0 Å². The molecule has 12 heavy (non-hydrogen) atoms. The number of halogens is 4. The molecule has 0 aromatic carbocycles. The summed E-state index contributed by atoms with van der Waals surface area (Å²) in [6.45, 7) is 0. The van der Waals surface area contributed by atoms with Crippen molar-refractivity contribution < 1.29 is 23.1 Å². The molecule has 74 valence electrons. The summed E-state index contributed by atoms with van der Waals surface area (Å²) in [5, 5.41) is 8.07. The first-order chi connectivity index (χ1) is 4.83. The highest BCUT2D eigenvalue weighted by Gasteiger charge is 2.30. The summed E-state index contributed by atoms with van der Waals surface area (Å²) in [6.07, 6.45) is 0. The Morgan fingerprint density at radius 2 is 2.00 bits per heavy atom. The van der Waals surface area contributed by atoms with Gasteiger partial charge in [0.05, 0.1) is 0 Å². The third-order valence-corrected chi connectivity index (χ3v) is 1.60. The van der Waals surface area contributed by atoms with Gasteiger partial charge in [0, 0.05) is 5.75 Å². The number of carboxylic acids is 1. The minimum Gasteiger partial charge on any atom is -0.480 e. The number of alkyl halides is 3. The number of rotatable bonds is 3. The molecule has 0 fully saturated rings. The molecule has 0 saturated carbocycles. The van der Waals surface area contributed by atoms with Crippen LogP contribution in [0.5, 0.6) is 0 Å². The third kappa shape index (κ3) is 7.96. The Kier molecular flexibility index (Phi) is 6.59. The van der Waals surface area contributed by atoms with Gasteiger partial charge in [-0.2, -0.15) is 13.2 Å². The molecule has 1 atom stereocenters. The van der Waals surface area contributed by atoms with Crippen LogP contribution < -0.4 is 5.73 Å². The molecule has 0 spiro atoms. The van der Waals surface area contributed by atoms with Crippen LogP contribution in [0.3, 0.4) is 0 Å². The largest absolute Gasteiger partial charge is 0.480 e. The number of hydrogen-bond donors (Lipinski definition) is 2. The quantitative estimate of drug-likeness (QED) is 0.754. The molecule has 0 bridgehead atoms. The van der Waals surface area contributed by atoms with Gasteiger partial charge in [-0.15, -0.1) is 12.4 Å². The van der Waals surface area contributed by atoms with E-state index >= 15 is 0 Å². The van der Waals surface area contributed by atoms with Gasteiger partial charge >= 0.3 is 11.5 Å². The van der Waals surface area contributed by atoms with Gasteiger partial charge in [0.25, 0.3) is 0 Å². The highest BCUT2D eigenvalue weighted by Crippen LogP contribution is 2.30. The standard InChI is InChI=1S/C4H6F3NO2S.ClH/c5-4(6,7)11-1-2(8)3(9)10;/h2H,1,8H2,(H,9,10);1H. The van der Waals surface area contributed by atoms with Crippen LogP contribution in [-0.2, 0) is 4.79 Å². The lowest BCUT2D eigenvalue weighted by atomic mass is 10.4. The Morgan fingerprint density at radius 1 is 1.58 bits per heavy atom. The molecule has 0 aliphatic heterocycles. The Hall–Kier alpha value is -0.140. The van der Waals surface area contributed by atoms with E-state index in [9.17, 15) is 18.0 Å². The van der Waals surface area contributed by atoms with Crippen LogP contribution in [0.1, 0.15) is 0 Å². The van der Waals surface area contributed by atoms with Crippen LogP contribution in [-0.4, -0.2) is 28.4 Å². The van der Waals surface area contributed by atoms with Crippen molar-refractivity contribution in [1.29, 1.82) is 0 Å². The zero-order chi connectivity index (χ0) is 9.07. The third-order valence-electron chi connectivity index (χ3n) is 0.744. The molecule has 1 unspecified atom stereocenters. The van der Waals surface area contributed by atoms with Crippen molar-refractivity contribution in [3.8, 4) is 0 Å². The number of nitrogens with two attached hydrogens (primary N) is 1. The SMILES string of the molecule is Cl.NC(CSC(F)(F)F)C(=O)O. The van der Waals surface area contributed by atoms with E-state index in [1.165, 1.54) is 0 Å². The van der Waals surface area contributed by atoms with Crippen LogP contribution in [0.2, 0.25) is 0 Å². The zero-order valence-corrected chi connectivity index (χ0v) is 7.30. The number of carbonyl (C=O) groups is 1. The van der Waals surface area contributed by atoms with E-state index in [1.54, 1.807) is 0 Å². The fourth-order valence-electron chi connectivity index (χ4n) is 0.256. The van der Waals surface area contributed by atoms with Gasteiger partial charge in [0.2, 0.25) is 0 Å². The zero-order valence-electron chi connectivity index (χ0n) is 5.67. The van der Waals surface area contributed by atoms with Crippen LogP contribution in [0, 0.1) is 0 Å². The number of thioether (sulfide) groups is 1. The average molecular weight is 226 g/mol. The molecule has 0 aliphatic carbocycles. The Morgan fingerprint density at radius 3 is 2.25 bits per heavy atom. The lowest BCUT2D eigenvalue weighted by molar-refractivity contribution is -0.137. The second-order valence-corrected chi connectivity index (χ2v) is 2.79. The number of aliphatic carboxylic acids is 1. The molecule has 0 aromatic rings. The van der Waals surface area contributed by atoms with Gasteiger partial charge in [-0.3, -0.25) is 4.79 Å². The average Bonchev–Trinajstić information content (AvgIpc) is 1.80. The fraction of sp³-hybridized carbons (Fsp3) is 0.750. The van der Waals surface area contributed by atoms with Gasteiger partial charge in [0.15, 0.2) is 0 Å². The van der Waals surface area contributed by atoms with Gasteiger partial charge in [-0.1, -0.05) is 0 Å². The summed E-state index contributed by atoms with van der Waals surface area (Å²) >= 11 is -0.436. The van der Waals surface area contributed by atoms with Gasteiger partial charge < -0.3 is 10.8 Å². The molecule has 0 radical (unpaired) electrons. The maximum Gasteiger partial charge on any atom is 0.441 e. The molecule has 0 amide bonds. The van der Waals surface area contributed by atoms with Crippen LogP contribution in [0.15, 0.2) is 0 Å². The summed E-state index contributed by atoms with van der Waals surface area (Å²) in [5.41, 5.74) is 0.394. The Bertz CT molecular complexity index is 154. The predicted octanol–water partition coefficient (Wildman–Crippen LogP) is 1.07. The van der Waals surface area contributed by atoms with Crippen molar-refractivity contribution in [2.75, 3.05) is 5.75 Å². The van der Waals surface area contributed by atoms with Crippen molar-refractivity contribution in [1.82, 2.24) is 0 Å². The van der Waals surface area contributed by atoms with E-state index in [-0.39, 0.29) is 12.4 Å². The Balaban J connectivity index is 0. The van der Waals surface area contributed by atoms with E-state index in [4.69, 9.17) is 10.8 Å². The van der Waals surface area contributed by atoms with Crippen molar-refractivity contribution in [3.63, 3.8) is 0 Å². The molecule has 0 saturated heterocycles. The van der Waals surface area contributed by atoms with E-state index in [1.807, 2.05) is 0 Å². The van der Waals surface area contributed by atoms with Crippen molar-refractivity contribution >= 4 is 30.1 Å². The van der Waals surface area contributed by atoms with Crippen LogP contribution in [0.4, 0.5) is 13.2 Å². The molecular weight excluding hydrogens is 219 g/mol. The molecule has 8 heteroatoms. The van der Waals surface area contributed by atoms with Crippen LogP contribution in [0.25, 0.3) is 0 Å². The summed E-state index contributed by atoms with van der Waals surface area (Å²) in [7, 11) is 0. The van der Waals surface area contributed by atoms with Gasteiger partial charge in [-0.05, 0) is 11.8 Å². The second-order valence-electron chi connectivity index (χ2n) is 1.70. The normalized spacial score (nSPS) is 13.3. The first-order valence-corrected chi connectivity index (χ1v) is 3.50. The minimum absolute atomic E-state index is 0. The lowest BCUT2D eigenvalue weighted by Crippen LogP contribution is -2.33. The Labute approximate surface area is 76.9 Å². The molecule has 0 aliphatic rings.